The first-order valence-corrected chi connectivity index (χ1v) is 87.4. The molecule has 0 aromatic carbocycles. The Morgan fingerprint density at radius 3 is 0.943 bits per heavy atom. The van der Waals surface area contributed by atoms with Crippen LogP contribution < -0.4 is 0 Å². The summed E-state index contributed by atoms with van der Waals surface area (Å²) in [7, 11) is 0. The summed E-state index contributed by atoms with van der Waals surface area (Å²) < 4.78 is 1.95. The lowest BCUT2D eigenvalue weighted by molar-refractivity contribution is 0.245. The van der Waals surface area contributed by atoms with Gasteiger partial charge in [0, 0.05) is 258 Å². The second-order valence-electron chi connectivity index (χ2n) is 39.1. The van der Waals surface area contributed by atoms with Crippen molar-refractivity contribution in [2.75, 3.05) is 288 Å². The second kappa shape index (κ2) is 105. The summed E-state index contributed by atoms with van der Waals surface area (Å²) in [6, 6.07) is 0. The van der Waals surface area contributed by atoms with Crippen LogP contribution in [0.3, 0.4) is 0 Å². The molecule has 0 amide bonds. The third-order valence-electron chi connectivity index (χ3n) is 27.3. The lowest BCUT2D eigenvalue weighted by Crippen LogP contribution is -2.36. The van der Waals surface area contributed by atoms with Gasteiger partial charge in [0.1, 0.15) is 0 Å². The van der Waals surface area contributed by atoms with Gasteiger partial charge in [0.2, 0.25) is 0 Å². The average Bonchev–Trinajstić information content (AvgIpc) is 0.820. The van der Waals surface area contributed by atoms with Crippen molar-refractivity contribution in [3.05, 3.63) is 0 Å². The van der Waals surface area contributed by atoms with E-state index in [4.69, 9.17) is 0 Å². The first-order valence-electron chi connectivity index (χ1n) is 53.4. The largest absolute Gasteiger partial charge is 0.179 e. The average molecular weight is 2610 g/mol. The lowest BCUT2D eigenvalue weighted by atomic mass is 9.76. The molecular formula is C104H208S36. The SMILES string of the molecule is CC(CSCCSCCS)C1CCC(C)(SCCSCCS)CC1.CC(CSCCSCCS)C1CCC(C)C(SCCSCCS)C1.CC(SCCSCCS)C1CCC(SCCSCCS)CC1.CC(SCCSCCS)C1CCCC(SCCSCCS)C1.CC1(SCCSCCS)CCC(C(C)(C)SCCSCCS)CC1.CC1CCC(C(C)(C)SCCSCCS)CC1SCCSCCS. The van der Waals surface area contributed by atoms with Crippen LogP contribution in [0.25, 0.3) is 0 Å². The quantitative estimate of drug-likeness (QED) is 0.0206. The Hall–Kier alpha value is 12.6. The van der Waals surface area contributed by atoms with E-state index >= 15 is 0 Å². The van der Waals surface area contributed by atoms with E-state index < -0.39 is 0 Å². The molecule has 0 N–H and O–H groups in total. The Morgan fingerprint density at radius 1 is 0.250 bits per heavy atom. The fraction of sp³-hybridized carbons (Fsp3) is 1.00. The minimum absolute atomic E-state index is 0.432. The highest BCUT2D eigenvalue weighted by Gasteiger charge is 2.41. The molecule has 0 spiro atoms. The predicted molar refractivity (Wildman–Crippen MR) is 772 cm³/mol. The van der Waals surface area contributed by atoms with Crippen LogP contribution in [0.15, 0.2) is 0 Å². The van der Waals surface area contributed by atoms with Crippen LogP contribution >= 0.6 is 434 Å². The van der Waals surface area contributed by atoms with Crippen LogP contribution in [0, 0.1) is 59.2 Å². The standard InChI is InChI=1S/4C18H36S6.2C16H32S6/c1-17(2,23-14-12-21-10-8-19)16-4-6-18(3,7-5-16)24-15-13-22-11-9-20;1-15-4-5-16(14-17(15)23-12-10-21-8-6-19)18(2,3)24-13-11-22-9-7-20;1-16(15-23-12-11-21-9-7-19)17-3-5-18(2,6-4-17)24-14-13-22-10-8-20;1-15-3-4-17(13-18(15)24-12-11-22-8-6-20)16(2)14-23-10-9-21-7-5-19;1-14(21-12-10-19-8-6-17)15-2-4-16(5-3-15)22-13-11-20-9-7-18;1-14(21-11-9-19-7-5-17)15-3-2-4-16(13-15)22-12-10-20-8-6-18/h16,19-20H,4-15H2,1-3H3;15-17,19-20H,4-14H2,1-3H3;16-17,19-20H,3-15H2,1-2H3;15-20H,3-14H2,1-2H3;2*14-18H,2-13H2,1H3. The minimum Gasteiger partial charge on any atom is -0.179 e. The summed E-state index contributed by atoms with van der Waals surface area (Å²) in [6.45, 7) is 29.8. The number of hydrogen-bond acceptors (Lipinski definition) is 36. The second-order valence-corrected chi connectivity index (χ2v) is 76.8. The van der Waals surface area contributed by atoms with Crippen LogP contribution in [-0.2, 0) is 0 Å². The molecule has 840 valence electrons. The third-order valence-corrected chi connectivity index (χ3v) is 65.5. The highest BCUT2D eigenvalue weighted by atomic mass is 32.2. The fourth-order valence-corrected chi connectivity index (χ4v) is 48.9. The maximum atomic E-state index is 4.29. The van der Waals surface area contributed by atoms with E-state index in [9.17, 15) is 0 Å². The summed E-state index contributed by atoms with van der Waals surface area (Å²) in [6.07, 6.45) is 31.6. The molecule has 12 atom stereocenters. The van der Waals surface area contributed by atoms with Gasteiger partial charge in [-0.25, -0.2) is 0 Å². The van der Waals surface area contributed by atoms with Crippen molar-refractivity contribution in [2.45, 2.75) is 275 Å². The summed E-state index contributed by atoms with van der Waals surface area (Å²) in [5, 5.41) is 5.34. The molecule has 6 saturated carbocycles. The maximum absolute atomic E-state index is 4.29. The monoisotopic (exact) mass is 2610 g/mol. The van der Waals surface area contributed by atoms with Gasteiger partial charge in [-0.05, 0) is 275 Å². The molecule has 0 radical (unpaired) electrons. The Morgan fingerprint density at radius 2 is 0.550 bits per heavy atom. The molecule has 0 aliphatic heterocycles. The zero-order valence-electron chi connectivity index (χ0n) is 89.3. The molecule has 36 heteroatoms. The lowest BCUT2D eigenvalue weighted by Gasteiger charge is -2.43. The van der Waals surface area contributed by atoms with Crippen molar-refractivity contribution in [3.8, 4) is 0 Å². The minimum atomic E-state index is 0.432. The van der Waals surface area contributed by atoms with Gasteiger partial charge in [-0.15, -0.1) is 0 Å². The molecular weight excluding hydrogens is 2400 g/mol. The van der Waals surface area contributed by atoms with Crippen LogP contribution in [0.5, 0.6) is 0 Å². The number of thioether (sulfide) groups is 24. The van der Waals surface area contributed by atoms with Gasteiger partial charge < -0.3 is 0 Å². The van der Waals surface area contributed by atoms with Gasteiger partial charge in [-0.3, -0.25) is 0 Å². The Balaban J connectivity index is 0.000000840. The zero-order chi connectivity index (χ0) is 103. The van der Waals surface area contributed by atoms with Gasteiger partial charge in [-0.1, -0.05) is 89.5 Å². The van der Waals surface area contributed by atoms with Crippen LogP contribution in [0.2, 0.25) is 0 Å². The summed E-state index contributed by atoms with van der Waals surface area (Å²) in [4.78, 5) is 0. The molecule has 0 saturated heterocycles. The van der Waals surface area contributed by atoms with Gasteiger partial charge in [0.05, 0.1) is 0 Å². The zero-order valence-corrected chi connectivity index (χ0v) is 120. The Kier molecular flexibility index (Phi) is 113. The molecule has 140 heavy (non-hydrogen) atoms. The van der Waals surface area contributed by atoms with Crippen LogP contribution in [-0.4, -0.2) is 338 Å². The van der Waals surface area contributed by atoms with Crippen molar-refractivity contribution in [1.29, 1.82) is 0 Å². The van der Waals surface area contributed by atoms with E-state index in [1.54, 1.807) is 0 Å². The molecule has 0 aromatic rings. The maximum Gasteiger partial charge on any atom is 0.0132 e. The van der Waals surface area contributed by atoms with E-state index in [2.05, 4.69) is 458 Å². The molecule has 6 aliphatic carbocycles. The predicted octanol–water partition coefficient (Wildman–Crippen LogP) is 36.9. The molecule has 6 aliphatic rings. The van der Waals surface area contributed by atoms with Gasteiger partial charge in [0.25, 0.3) is 0 Å². The molecule has 0 aromatic heterocycles. The fourth-order valence-electron chi connectivity index (χ4n) is 18.3. The topological polar surface area (TPSA) is 0 Å². The first-order chi connectivity index (χ1) is 67.8. The first kappa shape index (κ1) is 151. The smallest absolute Gasteiger partial charge is 0.0132 e. The van der Waals surface area contributed by atoms with Crippen molar-refractivity contribution in [3.63, 3.8) is 0 Å². The van der Waals surface area contributed by atoms with Crippen LogP contribution in [0.1, 0.15) is 224 Å². The van der Waals surface area contributed by atoms with E-state index in [0.29, 0.717) is 19.0 Å². The Bertz CT molecular complexity index is 2550. The molecule has 6 fully saturated rings. The molecule has 0 bridgehead atoms. The number of thiol groups is 12. The van der Waals surface area contributed by atoms with E-state index in [1.165, 1.54) is 360 Å². The van der Waals surface area contributed by atoms with E-state index in [1.807, 2.05) is 58.8 Å². The van der Waals surface area contributed by atoms with Crippen molar-refractivity contribution < 1.29 is 0 Å². The summed E-state index contributed by atoms with van der Waals surface area (Å²) >= 11 is 103. The normalized spacial score (nSPS) is 24.9. The highest BCUT2D eigenvalue weighted by molar-refractivity contribution is 8.09. The van der Waals surface area contributed by atoms with E-state index in [-0.39, 0.29) is 0 Å². The molecule has 0 nitrogen and oxygen atoms in total. The number of rotatable bonds is 80. The van der Waals surface area contributed by atoms with Crippen LogP contribution in [0.4, 0.5) is 0 Å². The van der Waals surface area contributed by atoms with Gasteiger partial charge in [-0.2, -0.15) is 434 Å². The van der Waals surface area contributed by atoms with Crippen molar-refractivity contribution in [2.24, 2.45) is 59.2 Å². The Labute approximate surface area is 1040 Å². The van der Waals surface area contributed by atoms with Crippen molar-refractivity contribution >= 4 is 434 Å². The summed E-state index contributed by atoms with van der Waals surface area (Å²) in [5.74, 6) is 69.7. The summed E-state index contributed by atoms with van der Waals surface area (Å²) in [5.41, 5.74) is 0. The molecule has 12 unspecified atom stereocenters. The van der Waals surface area contributed by atoms with Gasteiger partial charge in [0.15, 0.2) is 0 Å². The van der Waals surface area contributed by atoms with Crippen molar-refractivity contribution in [1.82, 2.24) is 0 Å². The highest BCUT2D eigenvalue weighted by Crippen LogP contribution is 2.51. The molecule has 0 heterocycles. The van der Waals surface area contributed by atoms with Gasteiger partial charge >= 0.3 is 0 Å². The van der Waals surface area contributed by atoms with E-state index in [0.717, 1.165) is 160 Å². The third kappa shape index (κ3) is 83.8. The molecule has 6 rings (SSSR count). The number of hydrogen-bond donors (Lipinski definition) is 12.